The standard InChI is InChI=1S/C14H12F3NO3S/c1-2-20-13(19)11-10(7-22-12(11)18)8-4-3-5-9(6-8)21-14(15,16)17/h3-7H,2,18H2,1H3. The zero-order chi connectivity index (χ0) is 16.3. The summed E-state index contributed by atoms with van der Waals surface area (Å²) >= 11 is 1.11. The van der Waals surface area contributed by atoms with Crippen LogP contribution in [0.2, 0.25) is 0 Å². The first-order valence-corrected chi connectivity index (χ1v) is 7.10. The van der Waals surface area contributed by atoms with E-state index in [2.05, 4.69) is 4.74 Å². The molecule has 0 saturated carbocycles. The number of thiophene rings is 1. The molecule has 2 N–H and O–H groups in total. The van der Waals surface area contributed by atoms with Crippen LogP contribution < -0.4 is 10.5 Å². The number of carbonyl (C=O) groups excluding carboxylic acids is 1. The number of hydrogen-bond acceptors (Lipinski definition) is 5. The van der Waals surface area contributed by atoms with Crippen LogP contribution in [0.4, 0.5) is 18.2 Å². The zero-order valence-corrected chi connectivity index (χ0v) is 12.3. The van der Waals surface area contributed by atoms with Gasteiger partial charge in [0.2, 0.25) is 0 Å². The average Bonchev–Trinajstić information content (AvgIpc) is 2.79. The van der Waals surface area contributed by atoms with Gasteiger partial charge in [-0.15, -0.1) is 24.5 Å². The van der Waals surface area contributed by atoms with Crippen molar-refractivity contribution in [2.45, 2.75) is 13.3 Å². The summed E-state index contributed by atoms with van der Waals surface area (Å²) in [5.41, 5.74) is 6.70. The van der Waals surface area contributed by atoms with Crippen LogP contribution in [-0.2, 0) is 4.74 Å². The lowest BCUT2D eigenvalue weighted by atomic mass is 10.0. The fourth-order valence-electron chi connectivity index (χ4n) is 1.86. The van der Waals surface area contributed by atoms with E-state index in [1.807, 2.05) is 0 Å². The maximum atomic E-state index is 12.3. The number of alkyl halides is 3. The summed E-state index contributed by atoms with van der Waals surface area (Å²) in [5, 5.41) is 1.84. The van der Waals surface area contributed by atoms with Gasteiger partial charge >= 0.3 is 12.3 Å². The lowest BCUT2D eigenvalue weighted by Gasteiger charge is -2.10. The van der Waals surface area contributed by atoms with Gasteiger partial charge in [-0.05, 0) is 24.6 Å². The number of hydrogen-bond donors (Lipinski definition) is 1. The number of anilines is 1. The largest absolute Gasteiger partial charge is 0.573 e. The van der Waals surface area contributed by atoms with Crippen LogP contribution in [0.5, 0.6) is 5.75 Å². The smallest absolute Gasteiger partial charge is 0.462 e. The fraction of sp³-hybridized carbons (Fsp3) is 0.214. The third kappa shape index (κ3) is 3.70. The predicted molar refractivity (Wildman–Crippen MR) is 76.8 cm³/mol. The summed E-state index contributed by atoms with van der Waals surface area (Å²) in [6.45, 7) is 1.82. The highest BCUT2D eigenvalue weighted by atomic mass is 32.1. The Kier molecular flexibility index (Phi) is 4.60. The molecule has 0 aliphatic rings. The molecule has 0 aliphatic heterocycles. The molecule has 0 amide bonds. The first-order valence-electron chi connectivity index (χ1n) is 6.22. The third-order valence-corrected chi connectivity index (χ3v) is 3.49. The molecule has 4 nitrogen and oxygen atoms in total. The van der Waals surface area contributed by atoms with Gasteiger partial charge in [0, 0.05) is 10.9 Å². The van der Waals surface area contributed by atoms with Crippen LogP contribution in [0.3, 0.4) is 0 Å². The number of ether oxygens (including phenoxy) is 2. The molecule has 1 aromatic carbocycles. The van der Waals surface area contributed by atoms with E-state index in [0.29, 0.717) is 11.1 Å². The second-order valence-electron chi connectivity index (χ2n) is 4.18. The van der Waals surface area contributed by atoms with E-state index in [0.717, 1.165) is 11.3 Å². The molecule has 0 unspecified atom stereocenters. The molecule has 1 aromatic heterocycles. The number of halogens is 3. The van der Waals surface area contributed by atoms with Crippen LogP contribution in [0.25, 0.3) is 11.1 Å². The van der Waals surface area contributed by atoms with E-state index in [-0.39, 0.29) is 22.9 Å². The van der Waals surface area contributed by atoms with E-state index in [9.17, 15) is 18.0 Å². The number of carbonyl (C=O) groups is 1. The highest BCUT2D eigenvalue weighted by molar-refractivity contribution is 7.14. The molecule has 118 valence electrons. The highest BCUT2D eigenvalue weighted by Crippen LogP contribution is 2.36. The van der Waals surface area contributed by atoms with Gasteiger partial charge in [0.05, 0.1) is 6.61 Å². The van der Waals surface area contributed by atoms with Gasteiger partial charge in [0.25, 0.3) is 0 Å². The van der Waals surface area contributed by atoms with Crippen molar-refractivity contribution < 1.29 is 27.4 Å². The number of nitrogens with two attached hydrogens (primary N) is 1. The predicted octanol–water partition coefficient (Wildman–Crippen LogP) is 4.07. The monoisotopic (exact) mass is 331 g/mol. The van der Waals surface area contributed by atoms with Crippen molar-refractivity contribution in [3.8, 4) is 16.9 Å². The third-order valence-electron chi connectivity index (χ3n) is 2.68. The molecule has 0 radical (unpaired) electrons. The van der Waals surface area contributed by atoms with Gasteiger partial charge < -0.3 is 15.2 Å². The lowest BCUT2D eigenvalue weighted by Crippen LogP contribution is -2.17. The molecule has 0 saturated heterocycles. The van der Waals surface area contributed by atoms with Crippen molar-refractivity contribution in [2.24, 2.45) is 0 Å². The fourth-order valence-corrected chi connectivity index (χ4v) is 2.67. The van der Waals surface area contributed by atoms with Gasteiger partial charge in [-0.25, -0.2) is 4.79 Å². The summed E-state index contributed by atoms with van der Waals surface area (Å²) in [6, 6.07) is 5.33. The Labute approximate surface area is 128 Å². The Morgan fingerprint density at radius 1 is 1.36 bits per heavy atom. The minimum atomic E-state index is -4.78. The Balaban J connectivity index is 2.41. The normalized spacial score (nSPS) is 11.3. The minimum absolute atomic E-state index is 0.149. The van der Waals surface area contributed by atoms with Crippen LogP contribution >= 0.6 is 11.3 Å². The van der Waals surface area contributed by atoms with Crippen molar-refractivity contribution in [1.82, 2.24) is 0 Å². The van der Waals surface area contributed by atoms with Crippen molar-refractivity contribution >= 4 is 22.3 Å². The molecule has 2 aromatic rings. The molecule has 0 fully saturated rings. The number of nitrogen functional groups attached to an aromatic ring is 1. The van der Waals surface area contributed by atoms with E-state index in [1.54, 1.807) is 18.4 Å². The molecule has 22 heavy (non-hydrogen) atoms. The summed E-state index contributed by atoms with van der Waals surface area (Å²) in [6.07, 6.45) is -4.78. The second kappa shape index (κ2) is 6.27. The van der Waals surface area contributed by atoms with Crippen LogP contribution in [0, 0.1) is 0 Å². The molecule has 1 heterocycles. The van der Waals surface area contributed by atoms with Crippen LogP contribution in [0.1, 0.15) is 17.3 Å². The Hall–Kier alpha value is -2.22. The maximum absolute atomic E-state index is 12.3. The quantitative estimate of drug-likeness (QED) is 0.858. The van der Waals surface area contributed by atoms with Crippen molar-refractivity contribution in [1.29, 1.82) is 0 Å². The molecule has 8 heteroatoms. The van der Waals surface area contributed by atoms with Crippen LogP contribution in [0.15, 0.2) is 29.6 Å². The molecule has 0 atom stereocenters. The SMILES string of the molecule is CCOC(=O)c1c(-c2cccc(OC(F)(F)F)c2)csc1N. The summed E-state index contributed by atoms with van der Waals surface area (Å²) in [7, 11) is 0. The molecular formula is C14H12F3NO3S. The van der Waals surface area contributed by atoms with Crippen molar-refractivity contribution in [3.63, 3.8) is 0 Å². The number of benzene rings is 1. The lowest BCUT2D eigenvalue weighted by molar-refractivity contribution is -0.274. The van der Waals surface area contributed by atoms with Gasteiger partial charge in [-0.2, -0.15) is 0 Å². The first kappa shape index (κ1) is 16.2. The molecule has 2 rings (SSSR count). The number of esters is 1. The van der Waals surface area contributed by atoms with E-state index < -0.39 is 12.3 Å². The van der Waals surface area contributed by atoms with Crippen molar-refractivity contribution in [2.75, 3.05) is 12.3 Å². The highest BCUT2D eigenvalue weighted by Gasteiger charge is 2.31. The summed E-state index contributed by atoms with van der Waals surface area (Å²) in [5.74, 6) is -0.983. The molecule has 0 aliphatic carbocycles. The Morgan fingerprint density at radius 3 is 2.73 bits per heavy atom. The van der Waals surface area contributed by atoms with Crippen molar-refractivity contribution in [3.05, 3.63) is 35.2 Å². The molecular weight excluding hydrogens is 319 g/mol. The summed E-state index contributed by atoms with van der Waals surface area (Å²) in [4.78, 5) is 11.9. The zero-order valence-electron chi connectivity index (χ0n) is 11.4. The minimum Gasteiger partial charge on any atom is -0.462 e. The Morgan fingerprint density at radius 2 is 2.09 bits per heavy atom. The second-order valence-corrected chi connectivity index (χ2v) is 5.10. The maximum Gasteiger partial charge on any atom is 0.573 e. The molecule has 0 spiro atoms. The molecule has 0 bridgehead atoms. The van der Waals surface area contributed by atoms with E-state index in [4.69, 9.17) is 10.5 Å². The van der Waals surface area contributed by atoms with E-state index >= 15 is 0 Å². The topological polar surface area (TPSA) is 61.5 Å². The van der Waals surface area contributed by atoms with Gasteiger partial charge in [0.15, 0.2) is 0 Å². The van der Waals surface area contributed by atoms with Gasteiger partial charge in [-0.1, -0.05) is 12.1 Å². The summed E-state index contributed by atoms with van der Waals surface area (Å²) < 4.78 is 45.6. The van der Waals surface area contributed by atoms with Gasteiger partial charge in [0.1, 0.15) is 16.3 Å². The Bertz CT molecular complexity index is 682. The van der Waals surface area contributed by atoms with Crippen LogP contribution in [-0.4, -0.2) is 18.9 Å². The van der Waals surface area contributed by atoms with E-state index in [1.165, 1.54) is 18.2 Å². The van der Waals surface area contributed by atoms with Gasteiger partial charge in [-0.3, -0.25) is 0 Å². The first-order chi connectivity index (χ1) is 10.3. The number of rotatable bonds is 4. The average molecular weight is 331 g/mol.